The van der Waals surface area contributed by atoms with E-state index in [-0.39, 0.29) is 6.04 Å². The summed E-state index contributed by atoms with van der Waals surface area (Å²) in [7, 11) is 0. The van der Waals surface area contributed by atoms with E-state index < -0.39 is 11.7 Å². The highest BCUT2D eigenvalue weighted by atomic mass is 35.5. The van der Waals surface area contributed by atoms with Crippen molar-refractivity contribution in [1.29, 1.82) is 0 Å². The monoisotopic (exact) mass is 381 g/mol. The summed E-state index contributed by atoms with van der Waals surface area (Å²) < 4.78 is 1.68. The quantitative estimate of drug-likeness (QED) is 0.532. The number of amides is 1. The Morgan fingerprint density at radius 2 is 1.78 bits per heavy atom. The van der Waals surface area contributed by atoms with E-state index in [9.17, 15) is 9.59 Å². The van der Waals surface area contributed by atoms with Gasteiger partial charge in [0.1, 0.15) is 0 Å². The van der Waals surface area contributed by atoms with Crippen LogP contribution < -0.4 is 5.32 Å². The lowest BCUT2D eigenvalue weighted by Gasteiger charge is -2.14. The number of rotatable bonds is 5. The van der Waals surface area contributed by atoms with Gasteiger partial charge in [0.2, 0.25) is 0 Å². The number of nitrogens with one attached hydrogen (secondary N) is 1. The lowest BCUT2D eigenvalue weighted by molar-refractivity contribution is -0.117. The van der Waals surface area contributed by atoms with Gasteiger partial charge in [-0.05, 0) is 50.6 Å². The molecule has 0 aliphatic rings. The van der Waals surface area contributed by atoms with E-state index >= 15 is 0 Å². The van der Waals surface area contributed by atoms with Gasteiger partial charge in [0.15, 0.2) is 0 Å². The molecule has 138 valence electrons. The second kappa shape index (κ2) is 7.76. The molecule has 0 bridgehead atoms. The number of carbonyl (C=O) groups excluding carboxylic acids is 2. The Morgan fingerprint density at radius 1 is 1.07 bits per heavy atom. The van der Waals surface area contributed by atoms with Gasteiger partial charge in [-0.3, -0.25) is 9.59 Å². The maximum Gasteiger partial charge on any atom is 0.293 e. The number of aromatic nitrogens is 2. The summed E-state index contributed by atoms with van der Waals surface area (Å²) in [4.78, 5) is 25.3. The summed E-state index contributed by atoms with van der Waals surface area (Å²) in [5, 5.41) is 7.75. The van der Waals surface area contributed by atoms with Crippen LogP contribution in [0.1, 0.15) is 40.3 Å². The number of para-hydroxylation sites is 1. The van der Waals surface area contributed by atoms with Crippen molar-refractivity contribution in [1.82, 2.24) is 15.1 Å². The highest BCUT2D eigenvalue weighted by molar-refractivity contribution is 6.43. The van der Waals surface area contributed by atoms with Gasteiger partial charge in [-0.1, -0.05) is 41.9 Å². The van der Waals surface area contributed by atoms with Crippen LogP contribution >= 0.6 is 11.6 Å². The van der Waals surface area contributed by atoms with Crippen molar-refractivity contribution in [2.24, 2.45) is 0 Å². The van der Waals surface area contributed by atoms with Crippen LogP contribution in [0.2, 0.25) is 5.02 Å². The molecule has 6 heteroatoms. The number of benzene rings is 2. The SMILES string of the molecule is Cc1nn(-c2ccccc2)c(C)c1C(=O)C(=O)N[C@@H](C)c1cccc(Cl)c1. The minimum atomic E-state index is -0.665. The number of hydrogen-bond donors (Lipinski definition) is 1. The van der Waals surface area contributed by atoms with Crippen LogP contribution in [-0.4, -0.2) is 21.5 Å². The van der Waals surface area contributed by atoms with E-state index in [0.29, 0.717) is 22.0 Å². The molecule has 1 amide bonds. The molecule has 0 aliphatic carbocycles. The minimum absolute atomic E-state index is 0.328. The van der Waals surface area contributed by atoms with Crippen molar-refractivity contribution in [3.63, 3.8) is 0 Å². The molecule has 0 saturated carbocycles. The first-order valence-electron chi connectivity index (χ1n) is 8.60. The second-order valence-electron chi connectivity index (χ2n) is 6.37. The van der Waals surface area contributed by atoms with Crippen molar-refractivity contribution >= 4 is 23.3 Å². The van der Waals surface area contributed by atoms with Gasteiger partial charge in [0, 0.05) is 5.02 Å². The molecular weight excluding hydrogens is 362 g/mol. The van der Waals surface area contributed by atoms with Crippen LogP contribution in [0.25, 0.3) is 5.69 Å². The molecule has 0 saturated heterocycles. The normalized spacial score (nSPS) is 11.9. The summed E-state index contributed by atoms with van der Waals surface area (Å²) in [6.07, 6.45) is 0. The molecule has 3 aromatic rings. The third-order valence-electron chi connectivity index (χ3n) is 4.42. The average Bonchev–Trinajstić information content (AvgIpc) is 2.96. The lowest BCUT2D eigenvalue weighted by atomic mass is 10.1. The van der Waals surface area contributed by atoms with E-state index in [4.69, 9.17) is 11.6 Å². The molecule has 5 nitrogen and oxygen atoms in total. The number of carbonyl (C=O) groups is 2. The summed E-state index contributed by atoms with van der Waals surface area (Å²) in [5.41, 5.74) is 3.15. The van der Waals surface area contributed by atoms with Gasteiger partial charge < -0.3 is 5.32 Å². The molecular formula is C21H20ClN3O2. The number of Topliss-reactive ketones (excluding diaryl/α,β-unsaturated/α-hetero) is 1. The largest absolute Gasteiger partial charge is 0.343 e. The molecule has 0 spiro atoms. The molecule has 3 rings (SSSR count). The Morgan fingerprint density at radius 3 is 2.44 bits per heavy atom. The summed E-state index contributed by atoms with van der Waals surface area (Å²) >= 11 is 6.00. The zero-order valence-electron chi connectivity index (χ0n) is 15.4. The molecule has 0 fully saturated rings. The predicted molar refractivity (Wildman–Crippen MR) is 105 cm³/mol. The van der Waals surface area contributed by atoms with Crippen LogP contribution in [0, 0.1) is 13.8 Å². The molecule has 27 heavy (non-hydrogen) atoms. The zero-order chi connectivity index (χ0) is 19.6. The Hall–Kier alpha value is -2.92. The molecule has 0 unspecified atom stereocenters. The van der Waals surface area contributed by atoms with Crippen LogP contribution in [-0.2, 0) is 4.79 Å². The summed E-state index contributed by atoms with van der Waals surface area (Å²) in [5.74, 6) is -1.26. The predicted octanol–water partition coefficient (Wildman–Crippen LogP) is 4.20. The fraction of sp³-hybridized carbons (Fsp3) is 0.190. The second-order valence-corrected chi connectivity index (χ2v) is 6.81. The van der Waals surface area contributed by atoms with Crippen LogP contribution in [0.3, 0.4) is 0 Å². The first-order chi connectivity index (χ1) is 12.9. The van der Waals surface area contributed by atoms with E-state index in [0.717, 1.165) is 11.3 Å². The molecule has 1 atom stereocenters. The Labute approximate surface area is 163 Å². The van der Waals surface area contributed by atoms with Crippen molar-refractivity contribution in [3.8, 4) is 5.69 Å². The first kappa shape index (κ1) is 18.9. The van der Waals surface area contributed by atoms with Gasteiger partial charge in [-0.15, -0.1) is 0 Å². The molecule has 0 radical (unpaired) electrons. The molecule has 1 N–H and O–H groups in total. The van der Waals surface area contributed by atoms with Crippen molar-refractivity contribution in [3.05, 3.63) is 82.1 Å². The number of ketones is 1. The Bertz CT molecular complexity index is 996. The maximum atomic E-state index is 12.8. The fourth-order valence-electron chi connectivity index (χ4n) is 3.03. The van der Waals surface area contributed by atoms with Crippen molar-refractivity contribution in [2.75, 3.05) is 0 Å². The van der Waals surface area contributed by atoms with Crippen molar-refractivity contribution < 1.29 is 9.59 Å². The maximum absolute atomic E-state index is 12.8. The minimum Gasteiger partial charge on any atom is -0.343 e. The van der Waals surface area contributed by atoms with Crippen LogP contribution in [0.5, 0.6) is 0 Å². The fourth-order valence-corrected chi connectivity index (χ4v) is 3.23. The Balaban J connectivity index is 1.83. The highest BCUT2D eigenvalue weighted by Gasteiger charge is 2.26. The van der Waals surface area contributed by atoms with Gasteiger partial charge >= 0.3 is 0 Å². The van der Waals surface area contributed by atoms with E-state index in [1.807, 2.05) is 43.3 Å². The number of aryl methyl sites for hydroxylation is 1. The molecule has 0 aliphatic heterocycles. The third kappa shape index (κ3) is 3.93. The van der Waals surface area contributed by atoms with Gasteiger partial charge in [-0.25, -0.2) is 4.68 Å². The van der Waals surface area contributed by atoms with Gasteiger partial charge in [0.25, 0.3) is 11.7 Å². The van der Waals surface area contributed by atoms with Crippen LogP contribution in [0.4, 0.5) is 0 Å². The van der Waals surface area contributed by atoms with Crippen molar-refractivity contribution in [2.45, 2.75) is 26.8 Å². The topological polar surface area (TPSA) is 64.0 Å². The summed E-state index contributed by atoms with van der Waals surface area (Å²) in [6, 6.07) is 16.3. The Kier molecular flexibility index (Phi) is 5.42. The third-order valence-corrected chi connectivity index (χ3v) is 4.66. The number of halogens is 1. The van der Waals surface area contributed by atoms with Crippen LogP contribution in [0.15, 0.2) is 54.6 Å². The first-order valence-corrected chi connectivity index (χ1v) is 8.98. The molecule has 1 heterocycles. The van der Waals surface area contributed by atoms with Gasteiger partial charge in [-0.2, -0.15) is 5.10 Å². The lowest BCUT2D eigenvalue weighted by Crippen LogP contribution is -2.33. The smallest absolute Gasteiger partial charge is 0.293 e. The molecule has 1 aromatic heterocycles. The average molecular weight is 382 g/mol. The summed E-state index contributed by atoms with van der Waals surface area (Å²) in [6.45, 7) is 5.32. The van der Waals surface area contributed by atoms with E-state index in [1.54, 1.807) is 36.7 Å². The highest BCUT2D eigenvalue weighted by Crippen LogP contribution is 2.20. The number of nitrogens with zero attached hydrogens (tertiary/aromatic N) is 2. The van der Waals surface area contributed by atoms with E-state index in [2.05, 4.69) is 10.4 Å². The number of hydrogen-bond acceptors (Lipinski definition) is 3. The van der Waals surface area contributed by atoms with E-state index in [1.165, 1.54) is 0 Å². The van der Waals surface area contributed by atoms with Gasteiger partial charge in [0.05, 0.1) is 28.7 Å². The molecule has 2 aromatic carbocycles. The standard InChI is InChI=1S/C21H20ClN3O2/c1-13(16-8-7-9-17(22)12-16)23-21(27)20(26)19-14(2)24-25(15(19)3)18-10-5-4-6-11-18/h4-13H,1-3H3,(H,23,27)/t13-/m0/s1. The zero-order valence-corrected chi connectivity index (χ0v) is 16.1.